The second-order valence-corrected chi connectivity index (χ2v) is 8.05. The van der Waals surface area contributed by atoms with Gasteiger partial charge >= 0.3 is 0 Å². The van der Waals surface area contributed by atoms with Crippen LogP contribution < -0.4 is 0 Å². The number of hydrogen-bond acceptors (Lipinski definition) is 5. The van der Waals surface area contributed by atoms with Crippen LogP contribution in [0.5, 0.6) is 0 Å². The van der Waals surface area contributed by atoms with Crippen LogP contribution in [0.4, 0.5) is 0 Å². The van der Waals surface area contributed by atoms with Crippen LogP contribution in [0.25, 0.3) is 11.0 Å². The highest BCUT2D eigenvalue weighted by molar-refractivity contribution is 7.08. The molecule has 1 aromatic carbocycles. The molecular formula is C20H25N5OS. The van der Waals surface area contributed by atoms with Crippen LogP contribution in [0, 0.1) is 12.8 Å². The molecule has 4 rings (SSSR count). The molecule has 0 radical (unpaired) electrons. The summed E-state index contributed by atoms with van der Waals surface area (Å²) in [5.74, 6) is 1.74. The van der Waals surface area contributed by atoms with Gasteiger partial charge in [0.05, 0.1) is 16.7 Å². The standard InChI is InChI=1S/C20H25N5OS/c1-3-6-17-19(27-23-22-17)20(26)24-11-9-15(10-12-24)13-25-14(2)21-16-7-4-5-8-18(16)25/h4-5,7-8,15H,3,6,9-13H2,1-2H3. The lowest BCUT2D eigenvalue weighted by Crippen LogP contribution is -2.39. The third-order valence-electron chi connectivity index (χ3n) is 5.42. The van der Waals surface area contributed by atoms with Crippen LogP contribution in [0.1, 0.15) is 47.4 Å². The maximum absolute atomic E-state index is 12.9. The van der Waals surface area contributed by atoms with Crippen molar-refractivity contribution in [2.24, 2.45) is 5.92 Å². The molecule has 0 bridgehead atoms. The summed E-state index contributed by atoms with van der Waals surface area (Å²) >= 11 is 1.23. The lowest BCUT2D eigenvalue weighted by Gasteiger charge is -2.32. The zero-order valence-corrected chi connectivity index (χ0v) is 16.7. The van der Waals surface area contributed by atoms with E-state index in [4.69, 9.17) is 0 Å². The topological polar surface area (TPSA) is 63.9 Å². The van der Waals surface area contributed by atoms with Crippen molar-refractivity contribution in [3.63, 3.8) is 0 Å². The molecule has 0 N–H and O–H groups in total. The summed E-state index contributed by atoms with van der Waals surface area (Å²) in [5.41, 5.74) is 3.12. The summed E-state index contributed by atoms with van der Waals surface area (Å²) in [6.45, 7) is 6.75. The Bertz CT molecular complexity index is 939. The molecule has 7 heteroatoms. The number of aryl methyl sites for hydroxylation is 2. The average Bonchev–Trinajstić information content (AvgIpc) is 3.27. The molecule has 1 amide bonds. The Hall–Kier alpha value is -2.28. The molecule has 0 unspecified atom stereocenters. The molecule has 0 saturated carbocycles. The first-order chi connectivity index (χ1) is 13.2. The van der Waals surface area contributed by atoms with E-state index in [2.05, 4.69) is 51.2 Å². The number of fused-ring (bicyclic) bond motifs is 1. The molecule has 1 fully saturated rings. The first-order valence-electron chi connectivity index (χ1n) is 9.69. The summed E-state index contributed by atoms with van der Waals surface area (Å²) in [7, 11) is 0. The number of hydrogen-bond donors (Lipinski definition) is 0. The van der Waals surface area contributed by atoms with Gasteiger partial charge in [0.1, 0.15) is 10.7 Å². The third kappa shape index (κ3) is 3.60. The predicted molar refractivity (Wildman–Crippen MR) is 107 cm³/mol. The van der Waals surface area contributed by atoms with Crippen LogP contribution in [-0.4, -0.2) is 43.0 Å². The smallest absolute Gasteiger partial charge is 0.267 e. The number of rotatable bonds is 5. The Kier molecular flexibility index (Phi) is 5.20. The van der Waals surface area contributed by atoms with E-state index in [0.717, 1.165) is 67.2 Å². The van der Waals surface area contributed by atoms with Gasteiger partial charge in [-0.15, -0.1) is 5.10 Å². The Balaban J connectivity index is 1.41. The van der Waals surface area contributed by atoms with Gasteiger partial charge in [0, 0.05) is 19.6 Å². The first kappa shape index (κ1) is 18.1. The minimum Gasteiger partial charge on any atom is -0.338 e. The van der Waals surface area contributed by atoms with Gasteiger partial charge in [0.2, 0.25) is 0 Å². The van der Waals surface area contributed by atoms with Crippen molar-refractivity contribution in [1.29, 1.82) is 0 Å². The Morgan fingerprint density at radius 3 is 2.81 bits per heavy atom. The van der Waals surface area contributed by atoms with Crippen LogP contribution in [0.3, 0.4) is 0 Å². The van der Waals surface area contributed by atoms with E-state index >= 15 is 0 Å². The lowest BCUT2D eigenvalue weighted by atomic mass is 9.96. The Morgan fingerprint density at radius 1 is 1.26 bits per heavy atom. The fourth-order valence-corrected chi connectivity index (χ4v) is 4.59. The number of piperidine rings is 1. The van der Waals surface area contributed by atoms with Gasteiger partial charge in [-0.3, -0.25) is 4.79 Å². The number of amides is 1. The van der Waals surface area contributed by atoms with Gasteiger partial charge in [-0.2, -0.15) is 0 Å². The predicted octanol–water partition coefficient (Wildman–Crippen LogP) is 3.70. The number of likely N-dealkylation sites (tertiary alicyclic amines) is 1. The van der Waals surface area contributed by atoms with Crippen molar-refractivity contribution < 1.29 is 4.79 Å². The molecule has 3 aromatic rings. The maximum Gasteiger partial charge on any atom is 0.267 e. The summed E-state index contributed by atoms with van der Waals surface area (Å²) in [5, 5.41) is 4.14. The molecule has 1 saturated heterocycles. The molecular weight excluding hydrogens is 358 g/mol. The van der Waals surface area contributed by atoms with E-state index < -0.39 is 0 Å². The van der Waals surface area contributed by atoms with Crippen molar-refractivity contribution in [3.05, 3.63) is 40.7 Å². The fourth-order valence-electron chi connectivity index (χ4n) is 3.92. The number of aromatic nitrogens is 4. The van der Waals surface area contributed by atoms with E-state index in [1.54, 1.807) is 0 Å². The Labute approximate surface area is 163 Å². The minimum atomic E-state index is 0.108. The van der Waals surface area contributed by atoms with Crippen molar-refractivity contribution in [2.45, 2.75) is 46.1 Å². The second-order valence-electron chi connectivity index (χ2n) is 7.29. The number of benzene rings is 1. The molecule has 3 heterocycles. The highest BCUT2D eigenvalue weighted by Gasteiger charge is 2.27. The van der Waals surface area contributed by atoms with Crippen LogP contribution in [0.2, 0.25) is 0 Å². The summed E-state index contributed by atoms with van der Waals surface area (Å²) in [6, 6.07) is 8.31. The van der Waals surface area contributed by atoms with Crippen molar-refractivity contribution in [1.82, 2.24) is 24.0 Å². The number of imidazole rings is 1. The normalized spacial score (nSPS) is 15.6. The molecule has 1 aliphatic rings. The quantitative estimate of drug-likeness (QED) is 0.674. The first-order valence-corrected chi connectivity index (χ1v) is 10.5. The summed E-state index contributed by atoms with van der Waals surface area (Å²) in [4.78, 5) is 20.2. The van der Waals surface area contributed by atoms with Gasteiger partial charge in [0.25, 0.3) is 5.91 Å². The van der Waals surface area contributed by atoms with Gasteiger partial charge in [0.15, 0.2) is 0 Å². The maximum atomic E-state index is 12.9. The minimum absolute atomic E-state index is 0.108. The molecule has 0 aliphatic carbocycles. The van der Waals surface area contributed by atoms with E-state index in [0.29, 0.717) is 5.92 Å². The molecule has 1 aliphatic heterocycles. The SMILES string of the molecule is CCCc1nnsc1C(=O)N1CCC(Cn2c(C)nc3ccccc32)CC1. The Morgan fingerprint density at radius 2 is 2.04 bits per heavy atom. The van der Waals surface area contributed by atoms with Crippen LogP contribution in [-0.2, 0) is 13.0 Å². The zero-order valence-electron chi connectivity index (χ0n) is 15.9. The molecule has 142 valence electrons. The zero-order chi connectivity index (χ0) is 18.8. The van der Waals surface area contributed by atoms with Crippen LogP contribution >= 0.6 is 11.5 Å². The second kappa shape index (κ2) is 7.76. The highest BCUT2D eigenvalue weighted by Crippen LogP contribution is 2.25. The van der Waals surface area contributed by atoms with E-state index in [-0.39, 0.29) is 5.91 Å². The van der Waals surface area contributed by atoms with E-state index in [1.165, 1.54) is 17.0 Å². The van der Waals surface area contributed by atoms with E-state index in [1.807, 2.05) is 11.0 Å². The van der Waals surface area contributed by atoms with Crippen molar-refractivity contribution >= 4 is 28.5 Å². The lowest BCUT2D eigenvalue weighted by molar-refractivity contribution is 0.0686. The fraction of sp³-hybridized carbons (Fsp3) is 0.500. The molecule has 27 heavy (non-hydrogen) atoms. The molecule has 0 atom stereocenters. The largest absolute Gasteiger partial charge is 0.338 e. The summed E-state index contributed by atoms with van der Waals surface area (Å²) < 4.78 is 6.32. The molecule has 0 spiro atoms. The molecule has 2 aromatic heterocycles. The molecule has 6 nitrogen and oxygen atoms in total. The number of para-hydroxylation sites is 2. The average molecular weight is 384 g/mol. The van der Waals surface area contributed by atoms with Crippen molar-refractivity contribution in [3.8, 4) is 0 Å². The van der Waals surface area contributed by atoms with Gasteiger partial charge in [-0.1, -0.05) is 30.0 Å². The van der Waals surface area contributed by atoms with Gasteiger partial charge < -0.3 is 9.47 Å². The van der Waals surface area contributed by atoms with E-state index in [9.17, 15) is 4.79 Å². The summed E-state index contributed by atoms with van der Waals surface area (Å²) in [6.07, 6.45) is 3.84. The third-order valence-corrected chi connectivity index (χ3v) is 6.18. The van der Waals surface area contributed by atoms with Crippen LogP contribution in [0.15, 0.2) is 24.3 Å². The van der Waals surface area contributed by atoms with Gasteiger partial charge in [-0.05, 0) is 55.8 Å². The monoisotopic (exact) mass is 383 g/mol. The number of carbonyl (C=O) groups excluding carboxylic acids is 1. The number of nitrogens with zero attached hydrogens (tertiary/aromatic N) is 5. The highest BCUT2D eigenvalue weighted by atomic mass is 32.1. The van der Waals surface area contributed by atoms with Crippen molar-refractivity contribution in [2.75, 3.05) is 13.1 Å². The number of carbonyl (C=O) groups is 1. The van der Waals surface area contributed by atoms with Gasteiger partial charge in [-0.25, -0.2) is 4.98 Å².